The van der Waals surface area contributed by atoms with Crippen LogP contribution in [0.5, 0.6) is 11.5 Å². The summed E-state index contributed by atoms with van der Waals surface area (Å²) in [5.74, 6) is 0.671. The number of fused-ring (bicyclic) bond motifs is 1. The molecule has 1 aromatic heterocycles. The maximum atomic E-state index is 9.80. The van der Waals surface area contributed by atoms with Gasteiger partial charge in [-0.05, 0) is 60.1 Å². The molecule has 1 aliphatic carbocycles. The van der Waals surface area contributed by atoms with E-state index in [4.69, 9.17) is 9.84 Å². The largest absolute Gasteiger partial charge is 0.504 e. The number of aromatic nitrogens is 2. The number of benzene rings is 2. The number of hydrogen-bond donors (Lipinski definition) is 2. The predicted molar refractivity (Wildman–Crippen MR) is 119 cm³/mol. The van der Waals surface area contributed by atoms with E-state index in [2.05, 4.69) is 55.0 Å². The molecule has 0 fully saturated rings. The summed E-state index contributed by atoms with van der Waals surface area (Å²) in [7, 11) is 1.57. The molecule has 2 N–H and O–H groups in total. The first-order valence-electron chi connectivity index (χ1n) is 10.6. The number of aromatic hydroxyl groups is 1. The van der Waals surface area contributed by atoms with Gasteiger partial charge in [-0.3, -0.25) is 0 Å². The summed E-state index contributed by atoms with van der Waals surface area (Å²) in [4.78, 5) is 0. The monoisotopic (exact) mass is 405 g/mol. The number of phenols is 1. The van der Waals surface area contributed by atoms with Gasteiger partial charge in [0.15, 0.2) is 11.5 Å². The maximum absolute atomic E-state index is 9.80. The molecule has 1 unspecified atom stereocenters. The molecule has 2 aromatic carbocycles. The van der Waals surface area contributed by atoms with E-state index in [0.29, 0.717) is 12.3 Å². The van der Waals surface area contributed by atoms with Crippen LogP contribution in [0.25, 0.3) is 5.69 Å². The van der Waals surface area contributed by atoms with E-state index < -0.39 is 0 Å². The highest BCUT2D eigenvalue weighted by molar-refractivity contribution is 5.42. The van der Waals surface area contributed by atoms with Gasteiger partial charge in [0.2, 0.25) is 0 Å². The lowest BCUT2D eigenvalue weighted by Crippen LogP contribution is -2.25. The Morgan fingerprint density at radius 2 is 1.93 bits per heavy atom. The summed E-state index contributed by atoms with van der Waals surface area (Å²) in [6.45, 7) is 7.42. The van der Waals surface area contributed by atoms with Gasteiger partial charge in [-0.1, -0.05) is 39.0 Å². The van der Waals surface area contributed by atoms with Crippen molar-refractivity contribution in [1.29, 1.82) is 0 Å². The van der Waals surface area contributed by atoms with E-state index in [1.54, 1.807) is 13.2 Å². The topological polar surface area (TPSA) is 59.3 Å². The third-order valence-corrected chi connectivity index (χ3v) is 5.96. The van der Waals surface area contributed by atoms with Gasteiger partial charge in [0.1, 0.15) is 0 Å². The average molecular weight is 406 g/mol. The number of nitrogens with zero attached hydrogens (tertiary/aromatic N) is 2. The van der Waals surface area contributed by atoms with Crippen LogP contribution >= 0.6 is 0 Å². The fraction of sp³-hybridized carbons (Fsp3) is 0.400. The van der Waals surface area contributed by atoms with Crippen LogP contribution in [0, 0.1) is 0 Å². The first kappa shape index (κ1) is 20.5. The Labute approximate surface area is 178 Å². The van der Waals surface area contributed by atoms with Crippen molar-refractivity contribution in [2.75, 3.05) is 7.11 Å². The normalized spacial score (nSPS) is 16.3. The van der Waals surface area contributed by atoms with E-state index in [9.17, 15) is 5.11 Å². The molecule has 158 valence electrons. The van der Waals surface area contributed by atoms with Gasteiger partial charge in [-0.25, -0.2) is 4.68 Å². The van der Waals surface area contributed by atoms with Crippen LogP contribution in [0.1, 0.15) is 62.0 Å². The Bertz CT molecular complexity index is 1020. The van der Waals surface area contributed by atoms with Crippen molar-refractivity contribution in [2.24, 2.45) is 0 Å². The minimum Gasteiger partial charge on any atom is -0.504 e. The van der Waals surface area contributed by atoms with Crippen molar-refractivity contribution < 1.29 is 9.84 Å². The Kier molecular flexibility index (Phi) is 5.56. The van der Waals surface area contributed by atoms with Crippen molar-refractivity contribution in [3.05, 3.63) is 71.0 Å². The summed E-state index contributed by atoms with van der Waals surface area (Å²) in [6, 6.07) is 14.5. The van der Waals surface area contributed by atoms with E-state index in [-0.39, 0.29) is 17.2 Å². The summed E-state index contributed by atoms with van der Waals surface area (Å²) in [6.07, 6.45) is 5.29. The number of ether oxygens (including phenoxy) is 1. The second-order valence-corrected chi connectivity index (χ2v) is 9.09. The maximum Gasteiger partial charge on any atom is 0.160 e. The SMILES string of the molecule is COc1cc(CNC2CCCc3c2cnn3-c2ccc(C(C)(C)C)cc2)ccc1O. The molecule has 1 heterocycles. The Morgan fingerprint density at radius 1 is 1.17 bits per heavy atom. The molecule has 0 radical (unpaired) electrons. The van der Waals surface area contributed by atoms with Crippen LogP contribution in [0.3, 0.4) is 0 Å². The Morgan fingerprint density at radius 3 is 2.63 bits per heavy atom. The smallest absolute Gasteiger partial charge is 0.160 e. The zero-order chi connectivity index (χ0) is 21.3. The number of methoxy groups -OCH3 is 1. The van der Waals surface area contributed by atoms with E-state index in [1.807, 2.05) is 18.3 Å². The first-order chi connectivity index (χ1) is 14.4. The molecule has 0 bridgehead atoms. The molecule has 0 amide bonds. The Hall–Kier alpha value is -2.79. The predicted octanol–water partition coefficient (Wildman–Crippen LogP) is 5.05. The van der Waals surface area contributed by atoms with Crippen LogP contribution in [-0.4, -0.2) is 22.0 Å². The van der Waals surface area contributed by atoms with Crippen molar-refractivity contribution in [3.63, 3.8) is 0 Å². The van der Waals surface area contributed by atoms with Crippen molar-refractivity contribution in [3.8, 4) is 17.2 Å². The van der Waals surface area contributed by atoms with Crippen molar-refractivity contribution in [2.45, 2.75) is 58.0 Å². The van der Waals surface area contributed by atoms with Gasteiger partial charge in [0.05, 0.1) is 19.0 Å². The van der Waals surface area contributed by atoms with Gasteiger partial charge >= 0.3 is 0 Å². The fourth-order valence-electron chi connectivity index (χ4n) is 4.17. The van der Waals surface area contributed by atoms with Gasteiger partial charge < -0.3 is 15.2 Å². The highest BCUT2D eigenvalue weighted by atomic mass is 16.5. The molecular formula is C25H31N3O2. The third-order valence-electron chi connectivity index (χ3n) is 5.96. The van der Waals surface area contributed by atoms with Gasteiger partial charge in [0.25, 0.3) is 0 Å². The molecule has 5 nitrogen and oxygen atoms in total. The lowest BCUT2D eigenvalue weighted by Gasteiger charge is -2.25. The summed E-state index contributed by atoms with van der Waals surface area (Å²) >= 11 is 0. The number of nitrogens with one attached hydrogen (secondary N) is 1. The fourth-order valence-corrected chi connectivity index (χ4v) is 4.17. The first-order valence-corrected chi connectivity index (χ1v) is 10.6. The molecule has 1 aliphatic rings. The third kappa shape index (κ3) is 4.08. The Balaban J connectivity index is 1.52. The van der Waals surface area contributed by atoms with Crippen LogP contribution in [0.15, 0.2) is 48.7 Å². The zero-order valence-electron chi connectivity index (χ0n) is 18.3. The van der Waals surface area contributed by atoms with Crippen LogP contribution < -0.4 is 10.1 Å². The second-order valence-electron chi connectivity index (χ2n) is 9.09. The molecule has 0 aliphatic heterocycles. The molecule has 0 spiro atoms. The quantitative estimate of drug-likeness (QED) is 0.624. The molecule has 1 atom stereocenters. The minimum atomic E-state index is 0.147. The minimum absolute atomic E-state index is 0.147. The summed E-state index contributed by atoms with van der Waals surface area (Å²) < 4.78 is 7.32. The molecule has 0 saturated heterocycles. The van der Waals surface area contributed by atoms with E-state index >= 15 is 0 Å². The highest BCUT2D eigenvalue weighted by Crippen LogP contribution is 2.32. The lowest BCUT2D eigenvalue weighted by molar-refractivity contribution is 0.372. The molecular weight excluding hydrogens is 374 g/mol. The molecule has 5 heteroatoms. The van der Waals surface area contributed by atoms with Crippen molar-refractivity contribution in [1.82, 2.24) is 15.1 Å². The standard InChI is InChI=1S/C25H31N3O2/c1-25(2,3)18-9-11-19(12-10-18)28-22-7-5-6-21(20(22)16-27-28)26-15-17-8-13-23(29)24(14-17)30-4/h8-14,16,21,26,29H,5-7,15H2,1-4H3. The highest BCUT2D eigenvalue weighted by Gasteiger charge is 2.25. The van der Waals surface area contributed by atoms with Gasteiger partial charge in [0, 0.05) is 23.8 Å². The second kappa shape index (κ2) is 8.15. The number of hydrogen-bond acceptors (Lipinski definition) is 4. The lowest BCUT2D eigenvalue weighted by atomic mass is 9.87. The van der Waals surface area contributed by atoms with Crippen LogP contribution in [0.4, 0.5) is 0 Å². The van der Waals surface area contributed by atoms with E-state index in [0.717, 1.165) is 30.5 Å². The molecule has 4 rings (SSSR count). The molecule has 30 heavy (non-hydrogen) atoms. The van der Waals surface area contributed by atoms with Gasteiger partial charge in [-0.15, -0.1) is 0 Å². The zero-order valence-corrected chi connectivity index (χ0v) is 18.3. The van der Waals surface area contributed by atoms with Crippen LogP contribution in [-0.2, 0) is 18.4 Å². The van der Waals surface area contributed by atoms with Crippen molar-refractivity contribution >= 4 is 0 Å². The average Bonchev–Trinajstić information content (AvgIpc) is 3.17. The number of phenolic OH excluding ortho intramolecular Hbond substituents is 1. The van der Waals surface area contributed by atoms with Crippen LogP contribution in [0.2, 0.25) is 0 Å². The molecule has 3 aromatic rings. The molecule has 0 saturated carbocycles. The van der Waals surface area contributed by atoms with E-state index in [1.165, 1.54) is 16.8 Å². The summed E-state index contributed by atoms with van der Waals surface area (Å²) in [5, 5.41) is 18.2. The number of rotatable bonds is 5. The summed E-state index contributed by atoms with van der Waals surface area (Å²) in [5.41, 5.74) is 6.26. The van der Waals surface area contributed by atoms with Gasteiger partial charge in [-0.2, -0.15) is 5.10 Å².